The SMILES string of the molecule is O=C(O)C1(Nc2cccc(Cl)c2)CCC2(CC1)c1ccccc1C[C@@H]2CCCOc1ncnc2c1CCC2. The van der Waals surface area contributed by atoms with Crippen LogP contribution in [0.4, 0.5) is 5.69 Å². The van der Waals surface area contributed by atoms with Crippen LogP contribution in [0.1, 0.15) is 67.3 Å². The van der Waals surface area contributed by atoms with Gasteiger partial charge in [0.25, 0.3) is 0 Å². The van der Waals surface area contributed by atoms with Gasteiger partial charge in [0, 0.05) is 16.3 Å². The van der Waals surface area contributed by atoms with Gasteiger partial charge in [-0.1, -0.05) is 41.9 Å². The number of aryl methyl sites for hydroxylation is 1. The fraction of sp³-hybridized carbons (Fsp3) is 0.452. The van der Waals surface area contributed by atoms with E-state index in [2.05, 4.69) is 39.6 Å². The van der Waals surface area contributed by atoms with Crippen LogP contribution in [0, 0.1) is 5.92 Å². The molecule has 3 aliphatic carbocycles. The van der Waals surface area contributed by atoms with Crippen LogP contribution in [0.2, 0.25) is 5.02 Å². The van der Waals surface area contributed by atoms with Crippen molar-refractivity contribution in [2.45, 2.75) is 75.2 Å². The van der Waals surface area contributed by atoms with E-state index in [1.54, 1.807) is 18.5 Å². The van der Waals surface area contributed by atoms with Gasteiger partial charge in [-0.05, 0) is 105 Å². The molecule has 1 fully saturated rings. The lowest BCUT2D eigenvalue weighted by molar-refractivity contribution is -0.144. The molecule has 0 aliphatic heterocycles. The first kappa shape index (κ1) is 25.2. The van der Waals surface area contributed by atoms with E-state index in [1.165, 1.54) is 16.7 Å². The molecule has 0 bridgehead atoms. The van der Waals surface area contributed by atoms with Crippen molar-refractivity contribution in [3.05, 3.63) is 82.3 Å². The van der Waals surface area contributed by atoms with Crippen molar-refractivity contribution in [2.24, 2.45) is 5.92 Å². The third-order valence-corrected chi connectivity index (χ3v) is 9.42. The van der Waals surface area contributed by atoms with E-state index >= 15 is 0 Å². The van der Waals surface area contributed by atoms with E-state index in [1.807, 2.05) is 12.1 Å². The molecular formula is C31H34ClN3O3. The molecule has 1 atom stereocenters. The molecule has 0 unspecified atom stereocenters. The standard InChI is InChI=1S/C31H34ClN3O3/c32-23-8-3-9-24(19-23)35-31(29(36)37)15-13-30(14-16-31)22(18-21-6-1-2-11-26(21)30)7-5-17-38-28-25-10-4-12-27(25)33-20-34-28/h1-3,6,8-9,11,19-20,22,35H,4-5,7,10,12-18H2,(H,36,37)/t22-,30?,31?/m0/s1. The smallest absolute Gasteiger partial charge is 0.329 e. The van der Waals surface area contributed by atoms with Crippen molar-refractivity contribution in [1.29, 1.82) is 0 Å². The Morgan fingerprint density at radius 3 is 2.74 bits per heavy atom. The normalized spacial score (nSPS) is 25.7. The number of carbonyl (C=O) groups is 1. The molecule has 198 valence electrons. The number of aromatic nitrogens is 2. The average Bonchev–Trinajstić information content (AvgIpc) is 3.52. The Morgan fingerprint density at radius 2 is 1.92 bits per heavy atom. The minimum atomic E-state index is -0.992. The third-order valence-electron chi connectivity index (χ3n) is 9.19. The van der Waals surface area contributed by atoms with Gasteiger partial charge in [-0.2, -0.15) is 0 Å². The molecular weight excluding hydrogens is 498 g/mol. The van der Waals surface area contributed by atoms with Gasteiger partial charge in [0.05, 0.1) is 12.3 Å². The first-order chi connectivity index (χ1) is 18.5. The molecule has 0 radical (unpaired) electrons. The topological polar surface area (TPSA) is 84.3 Å². The zero-order valence-electron chi connectivity index (χ0n) is 21.6. The monoisotopic (exact) mass is 531 g/mol. The fourth-order valence-electron chi connectivity index (χ4n) is 7.23. The van der Waals surface area contributed by atoms with Crippen LogP contribution in [-0.4, -0.2) is 33.2 Å². The summed E-state index contributed by atoms with van der Waals surface area (Å²) in [6.07, 6.45) is 10.6. The number of anilines is 1. The second-order valence-electron chi connectivity index (χ2n) is 11.2. The molecule has 0 saturated heterocycles. The van der Waals surface area contributed by atoms with E-state index in [9.17, 15) is 9.90 Å². The number of carboxylic acid groups (broad SMARTS) is 1. The molecule has 0 amide bonds. The van der Waals surface area contributed by atoms with Gasteiger partial charge in [0.1, 0.15) is 11.9 Å². The van der Waals surface area contributed by atoms with Crippen molar-refractivity contribution >= 4 is 23.3 Å². The molecule has 3 aliphatic rings. The minimum absolute atomic E-state index is 0.00171. The Bertz CT molecular complexity index is 1340. The molecule has 1 saturated carbocycles. The van der Waals surface area contributed by atoms with E-state index < -0.39 is 11.5 Å². The number of ether oxygens (including phenoxy) is 1. The highest BCUT2D eigenvalue weighted by Crippen LogP contribution is 2.55. The van der Waals surface area contributed by atoms with Crippen LogP contribution in [0.5, 0.6) is 5.88 Å². The van der Waals surface area contributed by atoms with Crippen LogP contribution in [0.25, 0.3) is 0 Å². The molecule has 1 heterocycles. The number of fused-ring (bicyclic) bond motifs is 3. The number of nitrogens with one attached hydrogen (secondary N) is 1. The van der Waals surface area contributed by atoms with Crippen molar-refractivity contribution in [3.8, 4) is 5.88 Å². The van der Waals surface area contributed by atoms with Gasteiger partial charge in [0.2, 0.25) is 5.88 Å². The fourth-order valence-corrected chi connectivity index (χ4v) is 7.42. The molecule has 7 heteroatoms. The molecule has 1 spiro atoms. The number of nitrogens with zero attached hydrogens (tertiary/aromatic N) is 2. The lowest BCUT2D eigenvalue weighted by Gasteiger charge is -2.47. The van der Waals surface area contributed by atoms with Crippen molar-refractivity contribution in [1.82, 2.24) is 9.97 Å². The summed E-state index contributed by atoms with van der Waals surface area (Å²) in [6.45, 7) is 0.641. The van der Waals surface area contributed by atoms with E-state index in [-0.39, 0.29) is 5.41 Å². The highest BCUT2D eigenvalue weighted by Gasteiger charge is 2.53. The number of halogens is 1. The summed E-state index contributed by atoms with van der Waals surface area (Å²) >= 11 is 6.18. The number of benzene rings is 2. The van der Waals surface area contributed by atoms with Crippen molar-refractivity contribution in [3.63, 3.8) is 0 Å². The highest BCUT2D eigenvalue weighted by atomic mass is 35.5. The zero-order valence-corrected chi connectivity index (χ0v) is 22.3. The molecule has 38 heavy (non-hydrogen) atoms. The Morgan fingerprint density at radius 1 is 1.08 bits per heavy atom. The quantitative estimate of drug-likeness (QED) is 0.327. The number of hydrogen-bond acceptors (Lipinski definition) is 5. The summed E-state index contributed by atoms with van der Waals surface area (Å²) in [7, 11) is 0. The number of rotatable bonds is 8. The Labute approximate surface area is 228 Å². The molecule has 6 nitrogen and oxygen atoms in total. The highest BCUT2D eigenvalue weighted by molar-refractivity contribution is 6.30. The predicted molar refractivity (Wildman–Crippen MR) is 148 cm³/mol. The molecule has 6 rings (SSSR count). The van der Waals surface area contributed by atoms with Crippen LogP contribution in [-0.2, 0) is 29.5 Å². The van der Waals surface area contributed by atoms with Crippen LogP contribution >= 0.6 is 11.6 Å². The van der Waals surface area contributed by atoms with Crippen molar-refractivity contribution < 1.29 is 14.6 Å². The predicted octanol–water partition coefficient (Wildman–Crippen LogP) is 6.40. The Hall–Kier alpha value is -3.12. The van der Waals surface area contributed by atoms with E-state index in [0.29, 0.717) is 30.4 Å². The summed E-state index contributed by atoms with van der Waals surface area (Å²) < 4.78 is 6.15. The maximum absolute atomic E-state index is 12.6. The first-order valence-corrected chi connectivity index (χ1v) is 14.2. The van der Waals surface area contributed by atoms with Crippen LogP contribution in [0.3, 0.4) is 0 Å². The van der Waals surface area contributed by atoms with Gasteiger partial charge in [-0.25, -0.2) is 14.8 Å². The van der Waals surface area contributed by atoms with Crippen LogP contribution in [0.15, 0.2) is 54.9 Å². The lowest BCUT2D eigenvalue weighted by atomic mass is 9.60. The largest absolute Gasteiger partial charge is 0.480 e. The van der Waals surface area contributed by atoms with Gasteiger partial charge in [-0.3, -0.25) is 0 Å². The van der Waals surface area contributed by atoms with E-state index in [0.717, 1.165) is 68.6 Å². The second kappa shape index (κ2) is 10.2. The summed E-state index contributed by atoms with van der Waals surface area (Å²) in [5.74, 6) is 0.437. The molecule has 1 aromatic heterocycles. The lowest BCUT2D eigenvalue weighted by Crippen LogP contribution is -2.53. The third kappa shape index (κ3) is 4.53. The summed E-state index contributed by atoms with van der Waals surface area (Å²) in [5, 5.41) is 14.3. The maximum Gasteiger partial charge on any atom is 0.329 e. The Balaban J connectivity index is 1.17. The van der Waals surface area contributed by atoms with Gasteiger partial charge in [0.15, 0.2) is 0 Å². The van der Waals surface area contributed by atoms with Crippen LogP contribution < -0.4 is 10.1 Å². The molecule has 3 aromatic rings. The van der Waals surface area contributed by atoms with Gasteiger partial charge < -0.3 is 15.2 Å². The molecule has 2 N–H and O–H groups in total. The maximum atomic E-state index is 12.6. The van der Waals surface area contributed by atoms with E-state index in [4.69, 9.17) is 16.3 Å². The number of aliphatic carboxylic acids is 1. The Kier molecular flexibility index (Phi) is 6.77. The zero-order chi connectivity index (χ0) is 26.2. The summed E-state index contributed by atoms with van der Waals surface area (Å²) in [5.41, 5.74) is 4.92. The molecule has 2 aromatic carbocycles. The minimum Gasteiger partial charge on any atom is -0.480 e. The summed E-state index contributed by atoms with van der Waals surface area (Å²) in [6, 6.07) is 16.1. The first-order valence-electron chi connectivity index (χ1n) is 13.8. The summed E-state index contributed by atoms with van der Waals surface area (Å²) in [4.78, 5) is 21.4. The van der Waals surface area contributed by atoms with Gasteiger partial charge >= 0.3 is 5.97 Å². The second-order valence-corrected chi connectivity index (χ2v) is 11.6. The number of carboxylic acids is 1. The number of hydrogen-bond donors (Lipinski definition) is 2. The van der Waals surface area contributed by atoms with Crippen molar-refractivity contribution in [2.75, 3.05) is 11.9 Å². The van der Waals surface area contributed by atoms with Gasteiger partial charge in [-0.15, -0.1) is 0 Å². The average molecular weight is 532 g/mol.